The summed E-state index contributed by atoms with van der Waals surface area (Å²) in [7, 11) is 1.56. The second kappa shape index (κ2) is 7.11. The molecule has 1 aliphatic rings. The number of methoxy groups -OCH3 is 1. The SMILES string of the molecule is COc1cc(Cl)c(C)cc1NC(=O)CN1CCNC[C@H]1C. The molecule has 0 aromatic heterocycles. The summed E-state index contributed by atoms with van der Waals surface area (Å²) in [5.74, 6) is 0.538. The fraction of sp³-hybridized carbons (Fsp3) is 0.533. The Bertz CT molecular complexity index is 522. The minimum atomic E-state index is -0.0382. The number of hydrogen-bond acceptors (Lipinski definition) is 4. The van der Waals surface area contributed by atoms with Crippen LogP contribution in [0.5, 0.6) is 5.75 Å². The first-order valence-corrected chi connectivity index (χ1v) is 7.48. The molecule has 1 aromatic carbocycles. The number of hydrogen-bond donors (Lipinski definition) is 2. The Morgan fingerprint density at radius 1 is 1.57 bits per heavy atom. The van der Waals surface area contributed by atoms with Crippen molar-refractivity contribution >= 4 is 23.2 Å². The van der Waals surface area contributed by atoms with Gasteiger partial charge in [0.05, 0.1) is 19.3 Å². The number of rotatable bonds is 4. The Kier molecular flexibility index (Phi) is 5.45. The van der Waals surface area contributed by atoms with Crippen LogP contribution in [0, 0.1) is 6.92 Å². The standard InChI is InChI=1S/C15H22ClN3O2/c1-10-6-13(14(21-3)7-12(10)16)18-15(20)9-19-5-4-17-8-11(19)2/h6-7,11,17H,4-5,8-9H2,1-3H3,(H,18,20)/t11-/m1/s1. The van der Waals surface area contributed by atoms with Crippen LogP contribution in [-0.2, 0) is 4.79 Å². The fourth-order valence-corrected chi connectivity index (χ4v) is 2.58. The van der Waals surface area contributed by atoms with Crippen LogP contribution in [0.1, 0.15) is 12.5 Å². The van der Waals surface area contributed by atoms with Crippen molar-refractivity contribution in [3.8, 4) is 5.75 Å². The third-order valence-corrected chi connectivity index (χ3v) is 4.15. The Labute approximate surface area is 130 Å². The first kappa shape index (κ1) is 16.1. The van der Waals surface area contributed by atoms with Crippen LogP contribution >= 0.6 is 11.6 Å². The number of piperazine rings is 1. The zero-order chi connectivity index (χ0) is 15.4. The van der Waals surface area contributed by atoms with Crippen LogP contribution in [0.15, 0.2) is 12.1 Å². The lowest BCUT2D eigenvalue weighted by molar-refractivity contribution is -0.118. The zero-order valence-corrected chi connectivity index (χ0v) is 13.5. The number of carbonyl (C=O) groups is 1. The predicted molar refractivity (Wildman–Crippen MR) is 85.3 cm³/mol. The molecule has 0 aliphatic carbocycles. The van der Waals surface area contributed by atoms with E-state index in [1.165, 1.54) is 0 Å². The molecule has 21 heavy (non-hydrogen) atoms. The number of benzene rings is 1. The van der Waals surface area contributed by atoms with Crippen LogP contribution in [0.4, 0.5) is 5.69 Å². The van der Waals surface area contributed by atoms with Crippen LogP contribution in [0.25, 0.3) is 0 Å². The summed E-state index contributed by atoms with van der Waals surface area (Å²) in [6.07, 6.45) is 0. The van der Waals surface area contributed by atoms with Crippen molar-refractivity contribution in [1.82, 2.24) is 10.2 Å². The molecule has 0 unspecified atom stereocenters. The highest BCUT2D eigenvalue weighted by Gasteiger charge is 2.20. The number of nitrogens with zero attached hydrogens (tertiary/aromatic N) is 1. The number of anilines is 1. The molecule has 1 aromatic rings. The summed E-state index contributed by atoms with van der Waals surface area (Å²) >= 11 is 6.07. The van der Waals surface area contributed by atoms with Gasteiger partial charge < -0.3 is 15.4 Å². The summed E-state index contributed by atoms with van der Waals surface area (Å²) in [5, 5.41) is 6.85. The van der Waals surface area contributed by atoms with Crippen molar-refractivity contribution in [2.45, 2.75) is 19.9 Å². The number of aryl methyl sites for hydroxylation is 1. The molecule has 1 heterocycles. The van der Waals surface area contributed by atoms with Crippen molar-refractivity contribution in [3.05, 3.63) is 22.7 Å². The van der Waals surface area contributed by atoms with Gasteiger partial charge in [0.2, 0.25) is 5.91 Å². The second-order valence-electron chi connectivity index (χ2n) is 5.37. The molecule has 1 saturated heterocycles. The van der Waals surface area contributed by atoms with Gasteiger partial charge in [-0.2, -0.15) is 0 Å². The van der Waals surface area contributed by atoms with E-state index in [1.807, 2.05) is 13.0 Å². The van der Waals surface area contributed by atoms with E-state index in [9.17, 15) is 4.79 Å². The van der Waals surface area contributed by atoms with E-state index in [0.29, 0.717) is 29.0 Å². The average molecular weight is 312 g/mol. The predicted octanol–water partition coefficient (Wildman–Crippen LogP) is 1.89. The van der Waals surface area contributed by atoms with Gasteiger partial charge in [0.15, 0.2) is 0 Å². The molecule has 0 bridgehead atoms. The van der Waals surface area contributed by atoms with Crippen LogP contribution < -0.4 is 15.4 Å². The Morgan fingerprint density at radius 2 is 2.33 bits per heavy atom. The summed E-state index contributed by atoms with van der Waals surface area (Å²) in [5.41, 5.74) is 1.57. The maximum atomic E-state index is 12.2. The summed E-state index contributed by atoms with van der Waals surface area (Å²) in [6, 6.07) is 3.92. The molecule has 1 amide bonds. The Morgan fingerprint density at radius 3 is 3.00 bits per heavy atom. The van der Waals surface area contributed by atoms with E-state index in [2.05, 4.69) is 22.5 Å². The maximum Gasteiger partial charge on any atom is 0.238 e. The van der Waals surface area contributed by atoms with Crippen LogP contribution in [0.3, 0.4) is 0 Å². The maximum absolute atomic E-state index is 12.2. The van der Waals surface area contributed by atoms with E-state index < -0.39 is 0 Å². The number of amides is 1. The summed E-state index contributed by atoms with van der Waals surface area (Å²) in [4.78, 5) is 14.4. The molecule has 0 radical (unpaired) electrons. The summed E-state index contributed by atoms with van der Waals surface area (Å²) < 4.78 is 5.27. The lowest BCUT2D eigenvalue weighted by atomic mass is 10.2. The number of nitrogens with one attached hydrogen (secondary N) is 2. The molecule has 116 valence electrons. The van der Waals surface area contributed by atoms with Gasteiger partial charge in [0.1, 0.15) is 5.75 Å². The third kappa shape index (κ3) is 4.09. The third-order valence-electron chi connectivity index (χ3n) is 3.74. The van der Waals surface area contributed by atoms with E-state index in [1.54, 1.807) is 13.2 Å². The first-order chi connectivity index (χ1) is 10.0. The highest BCUT2D eigenvalue weighted by Crippen LogP contribution is 2.30. The Balaban J connectivity index is 2.03. The van der Waals surface area contributed by atoms with Crippen molar-refractivity contribution in [2.24, 2.45) is 0 Å². The molecular formula is C15H22ClN3O2. The molecule has 2 N–H and O–H groups in total. The van der Waals surface area contributed by atoms with Crippen molar-refractivity contribution in [1.29, 1.82) is 0 Å². The van der Waals surface area contributed by atoms with Gasteiger partial charge in [-0.05, 0) is 25.5 Å². The van der Waals surface area contributed by atoms with Gasteiger partial charge in [-0.3, -0.25) is 9.69 Å². The van der Waals surface area contributed by atoms with E-state index >= 15 is 0 Å². The molecule has 0 saturated carbocycles. The van der Waals surface area contributed by atoms with Gasteiger partial charge in [-0.15, -0.1) is 0 Å². The van der Waals surface area contributed by atoms with Crippen molar-refractivity contribution in [2.75, 3.05) is 38.6 Å². The molecule has 0 spiro atoms. The van der Waals surface area contributed by atoms with Crippen molar-refractivity contribution < 1.29 is 9.53 Å². The topological polar surface area (TPSA) is 53.6 Å². The molecule has 2 rings (SSSR count). The number of halogens is 1. The molecule has 5 nitrogen and oxygen atoms in total. The van der Waals surface area contributed by atoms with Gasteiger partial charge in [0, 0.05) is 36.8 Å². The van der Waals surface area contributed by atoms with E-state index in [0.717, 1.165) is 25.2 Å². The quantitative estimate of drug-likeness (QED) is 0.891. The molecule has 6 heteroatoms. The lowest BCUT2D eigenvalue weighted by Crippen LogP contribution is -2.52. The Hall–Kier alpha value is -1.30. The largest absolute Gasteiger partial charge is 0.495 e. The van der Waals surface area contributed by atoms with Gasteiger partial charge in [-0.25, -0.2) is 0 Å². The normalized spacial score (nSPS) is 19.3. The van der Waals surface area contributed by atoms with Crippen LogP contribution in [-0.4, -0.2) is 50.1 Å². The summed E-state index contributed by atoms with van der Waals surface area (Å²) in [6.45, 7) is 7.11. The average Bonchev–Trinajstić information content (AvgIpc) is 2.45. The number of ether oxygens (including phenoxy) is 1. The molecule has 1 fully saturated rings. The molecular weight excluding hydrogens is 290 g/mol. The van der Waals surface area contributed by atoms with Gasteiger partial charge in [-0.1, -0.05) is 11.6 Å². The number of carbonyl (C=O) groups excluding carboxylic acids is 1. The van der Waals surface area contributed by atoms with E-state index in [4.69, 9.17) is 16.3 Å². The van der Waals surface area contributed by atoms with Gasteiger partial charge in [0.25, 0.3) is 0 Å². The minimum Gasteiger partial charge on any atom is -0.495 e. The van der Waals surface area contributed by atoms with Crippen molar-refractivity contribution in [3.63, 3.8) is 0 Å². The molecule has 1 aliphatic heterocycles. The lowest BCUT2D eigenvalue weighted by Gasteiger charge is -2.33. The highest BCUT2D eigenvalue weighted by atomic mass is 35.5. The van der Waals surface area contributed by atoms with E-state index in [-0.39, 0.29) is 5.91 Å². The fourth-order valence-electron chi connectivity index (χ4n) is 2.42. The minimum absolute atomic E-state index is 0.0382. The van der Waals surface area contributed by atoms with Gasteiger partial charge >= 0.3 is 0 Å². The second-order valence-corrected chi connectivity index (χ2v) is 5.78. The molecule has 1 atom stereocenters. The first-order valence-electron chi connectivity index (χ1n) is 7.10. The monoisotopic (exact) mass is 311 g/mol. The van der Waals surface area contributed by atoms with Crippen LogP contribution in [0.2, 0.25) is 5.02 Å². The highest BCUT2D eigenvalue weighted by molar-refractivity contribution is 6.31. The zero-order valence-electron chi connectivity index (χ0n) is 12.7. The smallest absolute Gasteiger partial charge is 0.238 e.